The van der Waals surface area contributed by atoms with Crippen molar-refractivity contribution in [2.75, 3.05) is 0 Å². The zero-order chi connectivity index (χ0) is 12.6. The molecule has 0 unspecified atom stereocenters. The van der Waals surface area contributed by atoms with Gasteiger partial charge in [0.15, 0.2) is 0 Å². The zero-order valence-electron chi connectivity index (χ0n) is 9.73. The fourth-order valence-corrected chi connectivity index (χ4v) is 2.01. The van der Waals surface area contributed by atoms with Gasteiger partial charge in [0.25, 0.3) is 0 Å². The quantitative estimate of drug-likeness (QED) is 0.705. The minimum absolute atomic E-state index is 0.132. The van der Waals surface area contributed by atoms with Gasteiger partial charge in [0.1, 0.15) is 17.2 Å². The zero-order valence-corrected chi connectivity index (χ0v) is 9.73. The van der Waals surface area contributed by atoms with Crippen LogP contribution in [0.25, 0.3) is 11.1 Å². The predicted octanol–water partition coefficient (Wildman–Crippen LogP) is 3.09. The predicted molar refractivity (Wildman–Crippen MR) is 66.3 cm³/mol. The SMILES string of the molecule is Cc1cc(C)cc(-c2c(O)cc(O)cc2O)c1. The number of rotatable bonds is 1. The average molecular weight is 230 g/mol. The molecule has 3 heteroatoms. The molecule has 3 N–H and O–H groups in total. The first-order valence-corrected chi connectivity index (χ1v) is 5.31. The monoisotopic (exact) mass is 230 g/mol. The molecule has 0 aromatic heterocycles. The molecule has 0 radical (unpaired) electrons. The van der Waals surface area contributed by atoms with Crippen LogP contribution in [0.1, 0.15) is 11.1 Å². The Hall–Kier alpha value is -2.16. The number of phenolic OH excluding ortho intramolecular Hbond substituents is 3. The van der Waals surface area contributed by atoms with E-state index in [9.17, 15) is 15.3 Å². The van der Waals surface area contributed by atoms with Crippen LogP contribution in [-0.4, -0.2) is 15.3 Å². The fraction of sp³-hybridized carbons (Fsp3) is 0.143. The minimum Gasteiger partial charge on any atom is -0.508 e. The summed E-state index contributed by atoms with van der Waals surface area (Å²) < 4.78 is 0. The summed E-state index contributed by atoms with van der Waals surface area (Å²) in [5.74, 6) is -0.423. The number of phenols is 3. The van der Waals surface area contributed by atoms with Crippen LogP contribution >= 0.6 is 0 Å². The molecule has 88 valence electrons. The Balaban J connectivity index is 2.68. The van der Waals surface area contributed by atoms with Crippen molar-refractivity contribution in [1.82, 2.24) is 0 Å². The molecule has 2 aromatic rings. The largest absolute Gasteiger partial charge is 0.508 e. The van der Waals surface area contributed by atoms with Gasteiger partial charge >= 0.3 is 0 Å². The summed E-state index contributed by atoms with van der Waals surface area (Å²) >= 11 is 0. The Bertz CT molecular complexity index is 530. The smallest absolute Gasteiger partial charge is 0.130 e. The van der Waals surface area contributed by atoms with Gasteiger partial charge in [0.2, 0.25) is 0 Å². The van der Waals surface area contributed by atoms with E-state index in [1.807, 2.05) is 32.0 Å². The lowest BCUT2D eigenvalue weighted by Gasteiger charge is -2.10. The van der Waals surface area contributed by atoms with Gasteiger partial charge in [-0.3, -0.25) is 0 Å². The maximum atomic E-state index is 9.79. The molecule has 2 rings (SSSR count). The van der Waals surface area contributed by atoms with E-state index in [0.717, 1.165) is 16.7 Å². The van der Waals surface area contributed by atoms with Crippen molar-refractivity contribution in [1.29, 1.82) is 0 Å². The summed E-state index contributed by atoms with van der Waals surface area (Å²) in [7, 11) is 0. The summed E-state index contributed by atoms with van der Waals surface area (Å²) in [6, 6.07) is 8.19. The van der Waals surface area contributed by atoms with E-state index in [-0.39, 0.29) is 17.2 Å². The van der Waals surface area contributed by atoms with Crippen molar-refractivity contribution in [2.24, 2.45) is 0 Å². The van der Waals surface area contributed by atoms with Crippen molar-refractivity contribution in [3.8, 4) is 28.4 Å². The number of hydrogen-bond donors (Lipinski definition) is 3. The van der Waals surface area contributed by atoms with E-state index < -0.39 is 0 Å². The molecule has 17 heavy (non-hydrogen) atoms. The van der Waals surface area contributed by atoms with E-state index in [4.69, 9.17) is 0 Å². The number of hydrogen-bond acceptors (Lipinski definition) is 3. The molecule has 0 heterocycles. The second-order valence-corrected chi connectivity index (χ2v) is 4.24. The van der Waals surface area contributed by atoms with Crippen molar-refractivity contribution in [2.45, 2.75) is 13.8 Å². The van der Waals surface area contributed by atoms with Crippen LogP contribution in [0, 0.1) is 13.8 Å². The summed E-state index contributed by atoms with van der Waals surface area (Å²) in [4.78, 5) is 0. The summed E-state index contributed by atoms with van der Waals surface area (Å²) in [6.45, 7) is 3.90. The molecule has 0 aliphatic heterocycles. The first kappa shape index (κ1) is 11.3. The Kier molecular flexibility index (Phi) is 2.68. The third-order valence-corrected chi connectivity index (χ3v) is 2.59. The molecule has 0 atom stereocenters. The van der Waals surface area contributed by atoms with E-state index in [0.29, 0.717) is 5.56 Å². The van der Waals surface area contributed by atoms with E-state index in [2.05, 4.69) is 0 Å². The second-order valence-electron chi connectivity index (χ2n) is 4.24. The van der Waals surface area contributed by atoms with E-state index in [1.165, 1.54) is 12.1 Å². The molecule has 0 spiro atoms. The molecule has 0 saturated carbocycles. The third kappa shape index (κ3) is 2.18. The number of benzene rings is 2. The first-order valence-electron chi connectivity index (χ1n) is 5.31. The van der Waals surface area contributed by atoms with Crippen LogP contribution in [0.4, 0.5) is 0 Å². The van der Waals surface area contributed by atoms with Crippen LogP contribution in [0.15, 0.2) is 30.3 Å². The van der Waals surface area contributed by atoms with Crippen molar-refractivity contribution in [3.05, 3.63) is 41.5 Å². The number of aryl methyl sites for hydroxylation is 2. The summed E-state index contributed by atoms with van der Waals surface area (Å²) in [5.41, 5.74) is 3.17. The highest BCUT2D eigenvalue weighted by atomic mass is 16.3. The normalized spacial score (nSPS) is 10.5. The molecule has 0 amide bonds. The molecule has 0 aliphatic rings. The van der Waals surface area contributed by atoms with Gasteiger partial charge in [-0.15, -0.1) is 0 Å². The van der Waals surface area contributed by atoms with Gasteiger partial charge in [0, 0.05) is 12.1 Å². The Morgan fingerprint density at radius 3 is 1.65 bits per heavy atom. The average Bonchev–Trinajstić information content (AvgIpc) is 2.13. The molecular weight excluding hydrogens is 216 g/mol. The van der Waals surface area contributed by atoms with Gasteiger partial charge in [-0.25, -0.2) is 0 Å². The van der Waals surface area contributed by atoms with E-state index in [1.54, 1.807) is 0 Å². The Labute approximate surface area is 99.6 Å². The fourth-order valence-electron chi connectivity index (χ4n) is 2.01. The van der Waals surface area contributed by atoms with Crippen molar-refractivity contribution in [3.63, 3.8) is 0 Å². The summed E-state index contributed by atoms with van der Waals surface area (Å²) in [5, 5.41) is 28.8. The standard InChI is InChI=1S/C14H14O3/c1-8-3-9(2)5-10(4-8)14-12(16)6-11(15)7-13(14)17/h3-7,15-17H,1-2H3. The highest BCUT2D eigenvalue weighted by Crippen LogP contribution is 2.40. The maximum absolute atomic E-state index is 9.79. The van der Waals surface area contributed by atoms with Crippen molar-refractivity contribution >= 4 is 0 Å². The van der Waals surface area contributed by atoms with Gasteiger partial charge in [-0.2, -0.15) is 0 Å². The lowest BCUT2D eigenvalue weighted by Crippen LogP contribution is -1.85. The lowest BCUT2D eigenvalue weighted by molar-refractivity contribution is 0.430. The molecule has 3 nitrogen and oxygen atoms in total. The molecular formula is C14H14O3. The highest BCUT2D eigenvalue weighted by Gasteiger charge is 2.12. The number of aromatic hydroxyl groups is 3. The third-order valence-electron chi connectivity index (χ3n) is 2.59. The highest BCUT2D eigenvalue weighted by molar-refractivity contribution is 5.78. The summed E-state index contributed by atoms with van der Waals surface area (Å²) in [6.07, 6.45) is 0. The maximum Gasteiger partial charge on any atom is 0.130 e. The Morgan fingerprint density at radius 2 is 1.18 bits per heavy atom. The van der Waals surface area contributed by atoms with Crippen LogP contribution in [0.3, 0.4) is 0 Å². The molecule has 0 saturated heterocycles. The van der Waals surface area contributed by atoms with Crippen molar-refractivity contribution < 1.29 is 15.3 Å². The van der Waals surface area contributed by atoms with Crippen LogP contribution < -0.4 is 0 Å². The molecule has 0 bridgehead atoms. The van der Waals surface area contributed by atoms with Gasteiger partial charge in [-0.05, 0) is 19.4 Å². The minimum atomic E-state index is -0.159. The first-order chi connectivity index (χ1) is 7.97. The Morgan fingerprint density at radius 1 is 0.706 bits per heavy atom. The topological polar surface area (TPSA) is 60.7 Å². The van der Waals surface area contributed by atoms with Crippen LogP contribution in [0.5, 0.6) is 17.2 Å². The molecule has 0 aliphatic carbocycles. The molecule has 0 fully saturated rings. The van der Waals surface area contributed by atoms with Crippen LogP contribution in [-0.2, 0) is 0 Å². The van der Waals surface area contributed by atoms with Gasteiger partial charge < -0.3 is 15.3 Å². The van der Waals surface area contributed by atoms with Gasteiger partial charge in [0.05, 0.1) is 5.56 Å². The van der Waals surface area contributed by atoms with Crippen LogP contribution in [0.2, 0.25) is 0 Å². The van der Waals surface area contributed by atoms with Gasteiger partial charge in [-0.1, -0.05) is 29.3 Å². The molecule has 2 aromatic carbocycles. The second kappa shape index (κ2) is 4.01. The van der Waals surface area contributed by atoms with E-state index >= 15 is 0 Å². The lowest BCUT2D eigenvalue weighted by atomic mass is 9.99.